The molecule has 0 aromatic carbocycles. The van der Waals surface area contributed by atoms with Gasteiger partial charge in [-0.25, -0.2) is 0 Å². The molecule has 0 spiro atoms. The Bertz CT molecular complexity index is 295. The van der Waals surface area contributed by atoms with Crippen LogP contribution < -0.4 is 0 Å². The molecule has 0 aromatic rings. The second kappa shape index (κ2) is 5.99. The summed E-state index contributed by atoms with van der Waals surface area (Å²) in [6, 6.07) is 0.569. The van der Waals surface area contributed by atoms with Crippen molar-refractivity contribution in [2.24, 2.45) is 5.92 Å². The van der Waals surface area contributed by atoms with Gasteiger partial charge in [0.1, 0.15) is 0 Å². The number of ether oxygens (including phenoxy) is 2. The predicted molar refractivity (Wildman–Crippen MR) is 66.3 cm³/mol. The fourth-order valence-electron chi connectivity index (χ4n) is 2.66. The van der Waals surface area contributed by atoms with Gasteiger partial charge in [-0.3, -0.25) is 4.79 Å². The lowest BCUT2D eigenvalue weighted by Crippen LogP contribution is -2.31. The van der Waals surface area contributed by atoms with Crippen LogP contribution in [0.3, 0.4) is 0 Å². The molecular formula is C13H23NO4. The van der Waals surface area contributed by atoms with Crippen LogP contribution in [-0.2, 0) is 14.3 Å². The molecule has 2 heterocycles. The van der Waals surface area contributed by atoms with Gasteiger partial charge < -0.3 is 19.5 Å². The van der Waals surface area contributed by atoms with E-state index in [4.69, 9.17) is 14.6 Å². The van der Waals surface area contributed by atoms with E-state index in [1.807, 2.05) is 0 Å². The fraction of sp³-hybridized carbons (Fsp3) is 0.923. The highest BCUT2D eigenvalue weighted by Gasteiger charge is 2.37. The second-order valence-corrected chi connectivity index (χ2v) is 5.53. The first kappa shape index (κ1) is 13.8. The van der Waals surface area contributed by atoms with Gasteiger partial charge in [-0.2, -0.15) is 0 Å². The van der Waals surface area contributed by atoms with Crippen LogP contribution in [0.1, 0.15) is 33.1 Å². The zero-order chi connectivity index (χ0) is 13.1. The van der Waals surface area contributed by atoms with Crippen LogP contribution in [0.4, 0.5) is 0 Å². The molecule has 3 unspecified atom stereocenters. The Kier molecular flexibility index (Phi) is 4.59. The van der Waals surface area contributed by atoms with Crippen LogP contribution in [0.2, 0.25) is 0 Å². The molecule has 2 saturated heterocycles. The van der Waals surface area contributed by atoms with Crippen molar-refractivity contribution >= 4 is 5.97 Å². The maximum atomic E-state index is 10.5. The number of likely N-dealkylation sites (tertiary alicyclic amines) is 1. The largest absolute Gasteiger partial charge is 0.481 e. The van der Waals surface area contributed by atoms with E-state index in [0.29, 0.717) is 25.0 Å². The Labute approximate surface area is 108 Å². The average molecular weight is 257 g/mol. The molecule has 2 aliphatic heterocycles. The summed E-state index contributed by atoms with van der Waals surface area (Å²) in [6.07, 6.45) is 1.64. The summed E-state index contributed by atoms with van der Waals surface area (Å²) in [4.78, 5) is 12.9. The molecule has 18 heavy (non-hydrogen) atoms. The lowest BCUT2D eigenvalue weighted by atomic mass is 10.1. The minimum absolute atomic E-state index is 0.0424. The number of nitrogens with zero attached hydrogens (tertiary/aromatic N) is 1. The molecule has 0 saturated carbocycles. The van der Waals surface area contributed by atoms with Gasteiger partial charge in [0, 0.05) is 24.9 Å². The maximum Gasteiger partial charge on any atom is 0.303 e. The summed E-state index contributed by atoms with van der Waals surface area (Å²) >= 11 is 0. The first-order valence-corrected chi connectivity index (χ1v) is 6.79. The van der Waals surface area contributed by atoms with Gasteiger partial charge in [-0.1, -0.05) is 0 Å². The first-order chi connectivity index (χ1) is 8.56. The molecule has 0 aliphatic carbocycles. The number of hydrogen-bond donors (Lipinski definition) is 1. The molecular weight excluding hydrogens is 234 g/mol. The van der Waals surface area contributed by atoms with E-state index < -0.39 is 5.97 Å². The topological polar surface area (TPSA) is 59.0 Å². The van der Waals surface area contributed by atoms with Gasteiger partial charge >= 0.3 is 5.97 Å². The lowest BCUT2D eigenvalue weighted by molar-refractivity contribution is -0.138. The molecule has 0 amide bonds. The minimum Gasteiger partial charge on any atom is -0.481 e. The Balaban J connectivity index is 1.74. The third-order valence-electron chi connectivity index (χ3n) is 3.82. The van der Waals surface area contributed by atoms with Gasteiger partial charge in [-0.05, 0) is 33.2 Å². The third kappa shape index (κ3) is 3.43. The molecule has 2 aliphatic rings. The summed E-state index contributed by atoms with van der Waals surface area (Å²) in [6.45, 7) is 7.07. The highest BCUT2D eigenvalue weighted by molar-refractivity contribution is 5.66. The van der Waals surface area contributed by atoms with Gasteiger partial charge in [0.2, 0.25) is 0 Å². The Morgan fingerprint density at radius 2 is 2.28 bits per heavy atom. The quantitative estimate of drug-likeness (QED) is 0.805. The van der Waals surface area contributed by atoms with Crippen molar-refractivity contribution in [2.45, 2.75) is 51.5 Å². The summed E-state index contributed by atoms with van der Waals surface area (Å²) in [5.41, 5.74) is 0. The Hall–Kier alpha value is -0.650. The lowest BCUT2D eigenvalue weighted by Gasteiger charge is -2.22. The van der Waals surface area contributed by atoms with E-state index in [-0.39, 0.29) is 18.8 Å². The van der Waals surface area contributed by atoms with Crippen LogP contribution >= 0.6 is 0 Å². The van der Waals surface area contributed by atoms with Crippen molar-refractivity contribution in [1.29, 1.82) is 0 Å². The molecule has 2 fully saturated rings. The normalized spacial score (nSPS) is 33.4. The fourth-order valence-corrected chi connectivity index (χ4v) is 2.66. The number of rotatable bonds is 5. The zero-order valence-electron chi connectivity index (χ0n) is 11.2. The summed E-state index contributed by atoms with van der Waals surface area (Å²) < 4.78 is 11.5. The van der Waals surface area contributed by atoms with Crippen molar-refractivity contribution < 1.29 is 19.4 Å². The summed E-state index contributed by atoms with van der Waals surface area (Å²) in [5, 5.41) is 8.64. The van der Waals surface area contributed by atoms with Crippen LogP contribution in [-0.4, -0.2) is 54.1 Å². The monoisotopic (exact) mass is 257 g/mol. The van der Waals surface area contributed by atoms with Crippen LogP contribution in [0, 0.1) is 5.92 Å². The SMILES string of the molecule is CC(C)N1CCC(C2OCC(CCC(=O)O)O2)C1. The van der Waals surface area contributed by atoms with Crippen LogP contribution in [0.5, 0.6) is 0 Å². The summed E-state index contributed by atoms with van der Waals surface area (Å²) in [5.74, 6) is -0.337. The zero-order valence-corrected chi connectivity index (χ0v) is 11.2. The molecule has 2 rings (SSSR count). The van der Waals surface area contributed by atoms with E-state index in [2.05, 4.69) is 18.7 Å². The van der Waals surface area contributed by atoms with E-state index in [9.17, 15) is 4.79 Å². The molecule has 5 heteroatoms. The van der Waals surface area contributed by atoms with Crippen molar-refractivity contribution in [3.63, 3.8) is 0 Å². The number of carbonyl (C=O) groups is 1. The molecule has 0 bridgehead atoms. The van der Waals surface area contributed by atoms with Gasteiger partial charge in [0.25, 0.3) is 0 Å². The van der Waals surface area contributed by atoms with Gasteiger partial charge in [-0.15, -0.1) is 0 Å². The van der Waals surface area contributed by atoms with E-state index in [1.165, 1.54) is 0 Å². The molecule has 0 radical (unpaired) electrons. The Morgan fingerprint density at radius 3 is 2.89 bits per heavy atom. The summed E-state index contributed by atoms with van der Waals surface area (Å²) in [7, 11) is 0. The second-order valence-electron chi connectivity index (χ2n) is 5.53. The molecule has 1 N–H and O–H groups in total. The number of carboxylic acids is 1. The van der Waals surface area contributed by atoms with E-state index in [1.54, 1.807) is 0 Å². The minimum atomic E-state index is -0.770. The van der Waals surface area contributed by atoms with Crippen LogP contribution in [0.25, 0.3) is 0 Å². The maximum absolute atomic E-state index is 10.5. The van der Waals surface area contributed by atoms with E-state index in [0.717, 1.165) is 19.5 Å². The van der Waals surface area contributed by atoms with Crippen molar-refractivity contribution in [2.75, 3.05) is 19.7 Å². The van der Waals surface area contributed by atoms with Crippen LogP contribution in [0.15, 0.2) is 0 Å². The number of carboxylic acid groups (broad SMARTS) is 1. The highest BCUT2D eigenvalue weighted by atomic mass is 16.7. The van der Waals surface area contributed by atoms with Crippen molar-refractivity contribution in [3.8, 4) is 0 Å². The molecule has 104 valence electrons. The third-order valence-corrected chi connectivity index (χ3v) is 3.82. The standard InChI is InChI=1S/C13H23NO4/c1-9(2)14-6-5-10(7-14)13-17-8-11(18-13)3-4-12(15)16/h9-11,13H,3-8H2,1-2H3,(H,15,16). The average Bonchev–Trinajstić information content (AvgIpc) is 2.95. The molecule has 3 atom stereocenters. The first-order valence-electron chi connectivity index (χ1n) is 6.79. The molecule has 5 nitrogen and oxygen atoms in total. The highest BCUT2D eigenvalue weighted by Crippen LogP contribution is 2.29. The predicted octanol–water partition coefficient (Wildman–Crippen LogP) is 1.32. The molecule has 0 aromatic heterocycles. The van der Waals surface area contributed by atoms with Gasteiger partial charge in [0.15, 0.2) is 6.29 Å². The smallest absolute Gasteiger partial charge is 0.303 e. The van der Waals surface area contributed by atoms with Crippen molar-refractivity contribution in [3.05, 3.63) is 0 Å². The van der Waals surface area contributed by atoms with Crippen molar-refractivity contribution in [1.82, 2.24) is 4.90 Å². The number of hydrogen-bond acceptors (Lipinski definition) is 4. The van der Waals surface area contributed by atoms with E-state index >= 15 is 0 Å². The Morgan fingerprint density at radius 1 is 1.50 bits per heavy atom. The number of aliphatic carboxylic acids is 1. The van der Waals surface area contributed by atoms with Gasteiger partial charge in [0.05, 0.1) is 12.7 Å².